The third kappa shape index (κ3) is 4.12. The molecule has 1 saturated heterocycles. The van der Waals surface area contributed by atoms with E-state index in [1.807, 2.05) is 35.8 Å². The van der Waals surface area contributed by atoms with E-state index in [1.54, 1.807) is 7.05 Å². The van der Waals surface area contributed by atoms with Gasteiger partial charge in [0.15, 0.2) is 11.2 Å². The van der Waals surface area contributed by atoms with Crippen molar-refractivity contribution in [3.8, 4) is 0 Å². The summed E-state index contributed by atoms with van der Waals surface area (Å²) in [6.07, 6.45) is 3.82. The van der Waals surface area contributed by atoms with Crippen LogP contribution in [-0.2, 0) is 20.1 Å². The molecule has 0 spiro atoms. The van der Waals surface area contributed by atoms with Gasteiger partial charge in [-0.1, -0.05) is 31.5 Å². The highest BCUT2D eigenvalue weighted by Crippen LogP contribution is 2.23. The van der Waals surface area contributed by atoms with Gasteiger partial charge in [-0.05, 0) is 32.3 Å². The van der Waals surface area contributed by atoms with Crippen molar-refractivity contribution in [1.82, 2.24) is 28.7 Å². The molecule has 3 aromatic heterocycles. The number of fused-ring (bicyclic) bond motifs is 2. The van der Waals surface area contributed by atoms with Gasteiger partial charge in [-0.15, -0.1) is 0 Å². The largest absolute Gasteiger partial charge is 0.341 e. The van der Waals surface area contributed by atoms with E-state index in [2.05, 4.69) is 21.8 Å². The van der Waals surface area contributed by atoms with Crippen LogP contribution in [-0.4, -0.2) is 47.8 Å². The molecule has 184 valence electrons. The number of aromatic nitrogens is 6. The summed E-state index contributed by atoms with van der Waals surface area (Å²) in [7, 11) is 1.66. The van der Waals surface area contributed by atoms with Gasteiger partial charge in [0.25, 0.3) is 5.56 Å². The first-order chi connectivity index (χ1) is 16.9. The predicted octanol–water partition coefficient (Wildman–Crippen LogP) is 1.92. The van der Waals surface area contributed by atoms with Crippen LogP contribution in [0.25, 0.3) is 22.1 Å². The summed E-state index contributed by atoms with van der Waals surface area (Å²) < 4.78 is 4.66. The molecule has 0 amide bonds. The molecule has 1 aliphatic heterocycles. The van der Waals surface area contributed by atoms with Gasteiger partial charge in [0.1, 0.15) is 5.82 Å². The molecule has 0 aliphatic carbocycles. The van der Waals surface area contributed by atoms with Crippen LogP contribution >= 0.6 is 0 Å². The van der Waals surface area contributed by atoms with Gasteiger partial charge in [-0.2, -0.15) is 4.98 Å². The average molecular weight is 477 g/mol. The molecule has 0 unspecified atom stereocenters. The minimum absolute atomic E-state index is 0.00397. The lowest BCUT2D eigenvalue weighted by Crippen LogP contribution is -2.44. The zero-order valence-corrected chi connectivity index (χ0v) is 20.6. The lowest BCUT2D eigenvalue weighted by Gasteiger charge is -2.31. The Morgan fingerprint density at radius 1 is 1.11 bits per heavy atom. The molecule has 10 nitrogen and oxygen atoms in total. The van der Waals surface area contributed by atoms with E-state index >= 15 is 0 Å². The zero-order chi connectivity index (χ0) is 24.7. The van der Waals surface area contributed by atoms with E-state index in [-0.39, 0.29) is 18.1 Å². The van der Waals surface area contributed by atoms with Crippen molar-refractivity contribution >= 4 is 28.0 Å². The van der Waals surface area contributed by atoms with Crippen LogP contribution in [0.4, 0.5) is 5.95 Å². The van der Waals surface area contributed by atoms with Crippen LogP contribution in [0.2, 0.25) is 0 Å². The number of hydrogen-bond donors (Lipinski definition) is 1. The van der Waals surface area contributed by atoms with E-state index in [4.69, 9.17) is 10.7 Å². The number of unbranched alkanes of at least 4 members (excludes halogenated alkanes) is 1. The molecule has 35 heavy (non-hydrogen) atoms. The minimum atomic E-state index is -0.432. The Kier molecular flexibility index (Phi) is 6.14. The highest BCUT2D eigenvalue weighted by atomic mass is 16.2. The van der Waals surface area contributed by atoms with Gasteiger partial charge in [0, 0.05) is 43.8 Å². The molecule has 0 radical (unpaired) electrons. The average Bonchev–Trinajstić information content (AvgIpc) is 3.24. The molecule has 1 fully saturated rings. The maximum absolute atomic E-state index is 13.8. The monoisotopic (exact) mass is 476 g/mol. The van der Waals surface area contributed by atoms with Gasteiger partial charge in [0.05, 0.1) is 12.1 Å². The number of nitrogens with zero attached hydrogens (tertiary/aromatic N) is 7. The summed E-state index contributed by atoms with van der Waals surface area (Å²) in [5, 5.41) is 0.953. The molecule has 1 aliphatic rings. The molecule has 1 aromatic carbocycles. The maximum Gasteiger partial charge on any atom is 0.332 e. The first-order valence-electron chi connectivity index (χ1n) is 12.3. The Morgan fingerprint density at radius 3 is 2.69 bits per heavy atom. The molecule has 4 aromatic rings. The fourth-order valence-corrected chi connectivity index (χ4v) is 4.97. The number of piperidine rings is 1. The van der Waals surface area contributed by atoms with Crippen molar-refractivity contribution in [3.05, 3.63) is 56.6 Å². The Hall–Kier alpha value is -3.53. The first-order valence-corrected chi connectivity index (χ1v) is 12.3. The van der Waals surface area contributed by atoms with Crippen molar-refractivity contribution in [2.24, 2.45) is 12.8 Å². The summed E-state index contributed by atoms with van der Waals surface area (Å²) in [6, 6.07) is 7.79. The van der Waals surface area contributed by atoms with Crippen LogP contribution < -0.4 is 21.9 Å². The summed E-state index contributed by atoms with van der Waals surface area (Å²) in [6.45, 7) is 6.18. The summed E-state index contributed by atoms with van der Waals surface area (Å²) in [5.41, 5.74) is 7.88. The second kappa shape index (κ2) is 9.26. The van der Waals surface area contributed by atoms with Crippen LogP contribution in [0.1, 0.15) is 44.1 Å². The second-order valence-corrected chi connectivity index (χ2v) is 9.41. The highest BCUT2D eigenvalue weighted by Gasteiger charge is 2.26. The second-order valence-electron chi connectivity index (χ2n) is 9.41. The zero-order valence-electron chi connectivity index (χ0n) is 20.6. The Morgan fingerprint density at radius 2 is 1.91 bits per heavy atom. The molecule has 2 N–H and O–H groups in total. The molecule has 4 heterocycles. The van der Waals surface area contributed by atoms with Crippen molar-refractivity contribution < 1.29 is 0 Å². The molecule has 5 rings (SSSR count). The van der Waals surface area contributed by atoms with Crippen LogP contribution in [0.3, 0.4) is 0 Å². The third-order valence-corrected chi connectivity index (χ3v) is 6.83. The van der Waals surface area contributed by atoms with Crippen molar-refractivity contribution in [2.75, 3.05) is 18.0 Å². The Balaban J connectivity index is 1.67. The number of nitrogens with two attached hydrogens (primary N) is 1. The van der Waals surface area contributed by atoms with E-state index in [1.165, 1.54) is 9.13 Å². The fourth-order valence-electron chi connectivity index (χ4n) is 4.97. The standard InChI is InChI=1S/C25H32N8O2/c1-4-5-13-32-21-22(29-24(32)31-12-8-9-17(26)14-31)30(3)25(35)33(23(21)34)15-20-27-16(2)18-10-6-7-11-19(18)28-20/h6-7,10-11,17H,4-5,8-9,12-15,26H2,1-3H3/t17-/m0/s1. The maximum atomic E-state index is 13.8. The Bertz CT molecular complexity index is 1520. The Labute approximate surface area is 203 Å². The van der Waals surface area contributed by atoms with E-state index in [0.29, 0.717) is 36.0 Å². The molecule has 0 bridgehead atoms. The molecule has 0 saturated carbocycles. The molecule has 1 atom stereocenters. The minimum Gasteiger partial charge on any atom is -0.341 e. The van der Waals surface area contributed by atoms with E-state index in [0.717, 1.165) is 48.8 Å². The van der Waals surface area contributed by atoms with Gasteiger partial charge in [-0.3, -0.25) is 13.9 Å². The number of benzene rings is 1. The van der Waals surface area contributed by atoms with Crippen molar-refractivity contribution in [3.63, 3.8) is 0 Å². The normalized spacial score (nSPS) is 16.5. The molecular formula is C25H32N8O2. The lowest BCUT2D eigenvalue weighted by molar-refractivity contribution is 0.491. The van der Waals surface area contributed by atoms with Crippen molar-refractivity contribution in [2.45, 2.75) is 58.7 Å². The number of para-hydroxylation sites is 1. The predicted molar refractivity (Wildman–Crippen MR) is 137 cm³/mol. The number of rotatable bonds is 6. The summed E-state index contributed by atoms with van der Waals surface area (Å²) in [4.78, 5) is 43.2. The lowest BCUT2D eigenvalue weighted by atomic mass is 10.1. The van der Waals surface area contributed by atoms with Crippen LogP contribution in [0, 0.1) is 6.92 Å². The smallest absolute Gasteiger partial charge is 0.332 e. The summed E-state index contributed by atoms with van der Waals surface area (Å²) >= 11 is 0. The van der Waals surface area contributed by atoms with Gasteiger partial charge < -0.3 is 15.2 Å². The fraction of sp³-hybridized carbons (Fsp3) is 0.480. The number of anilines is 1. The quantitative estimate of drug-likeness (QED) is 0.452. The molecule has 10 heteroatoms. The first kappa shape index (κ1) is 23.2. The third-order valence-electron chi connectivity index (χ3n) is 6.83. The number of hydrogen-bond acceptors (Lipinski definition) is 7. The highest BCUT2D eigenvalue weighted by molar-refractivity contribution is 5.80. The van der Waals surface area contributed by atoms with Gasteiger partial charge >= 0.3 is 5.69 Å². The van der Waals surface area contributed by atoms with Crippen molar-refractivity contribution in [1.29, 1.82) is 0 Å². The van der Waals surface area contributed by atoms with Crippen LogP contribution in [0.15, 0.2) is 33.9 Å². The SMILES string of the molecule is CCCCn1c(N2CCC[C@H](N)C2)nc2c1c(=O)n(Cc1nc(C)c3ccccc3n1)c(=O)n2C. The summed E-state index contributed by atoms with van der Waals surface area (Å²) in [5.74, 6) is 1.15. The number of imidazole rings is 1. The van der Waals surface area contributed by atoms with E-state index < -0.39 is 5.69 Å². The van der Waals surface area contributed by atoms with Gasteiger partial charge in [-0.25, -0.2) is 14.8 Å². The van der Waals surface area contributed by atoms with E-state index in [9.17, 15) is 9.59 Å². The topological polar surface area (TPSA) is 117 Å². The molecular weight excluding hydrogens is 444 g/mol. The number of aryl methyl sites for hydroxylation is 3. The van der Waals surface area contributed by atoms with Gasteiger partial charge in [0.2, 0.25) is 5.95 Å². The van der Waals surface area contributed by atoms with Crippen LogP contribution in [0.5, 0.6) is 0 Å².